The van der Waals surface area contributed by atoms with Gasteiger partial charge < -0.3 is 20.3 Å². The number of carbonyl (C=O) groups excluding carboxylic acids is 1. The average Bonchev–Trinajstić information content (AvgIpc) is 2.39. The van der Waals surface area contributed by atoms with Crippen molar-refractivity contribution in [3.8, 4) is 0 Å². The first-order valence-corrected chi connectivity index (χ1v) is 7.12. The first-order valence-electron chi connectivity index (χ1n) is 7.12. The van der Waals surface area contributed by atoms with Crippen LogP contribution in [-0.2, 0) is 11.3 Å². The summed E-state index contributed by atoms with van der Waals surface area (Å²) >= 11 is 0. The molecule has 0 unspecified atom stereocenters. The first kappa shape index (κ1) is 17.7. The summed E-state index contributed by atoms with van der Waals surface area (Å²) in [6, 6.07) is 5.21. The van der Waals surface area contributed by atoms with Crippen LogP contribution >= 0.6 is 0 Å². The number of hydrogen-bond acceptors (Lipinski definition) is 4. The summed E-state index contributed by atoms with van der Waals surface area (Å²) < 4.78 is 0. The summed E-state index contributed by atoms with van der Waals surface area (Å²) in [6.07, 6.45) is 0.729. The van der Waals surface area contributed by atoms with Gasteiger partial charge in [-0.05, 0) is 43.7 Å². The molecule has 0 heterocycles. The molecule has 1 amide bonds. The smallest absolute Gasteiger partial charge is 0.423 e. The van der Waals surface area contributed by atoms with Crippen LogP contribution in [0, 0.1) is 5.41 Å². The van der Waals surface area contributed by atoms with Crippen molar-refractivity contribution in [2.24, 2.45) is 5.41 Å². The van der Waals surface area contributed by atoms with E-state index in [0.29, 0.717) is 17.7 Å². The third kappa shape index (κ3) is 4.84. The van der Waals surface area contributed by atoms with Crippen LogP contribution in [0.3, 0.4) is 0 Å². The second-order valence-corrected chi connectivity index (χ2v) is 6.22. The van der Waals surface area contributed by atoms with Crippen molar-refractivity contribution in [1.82, 2.24) is 4.90 Å². The van der Waals surface area contributed by atoms with Gasteiger partial charge in [0.1, 0.15) is 0 Å². The van der Waals surface area contributed by atoms with Gasteiger partial charge >= 0.3 is 7.12 Å². The number of anilines is 1. The van der Waals surface area contributed by atoms with E-state index >= 15 is 0 Å². The second kappa shape index (κ2) is 7.07. The van der Waals surface area contributed by atoms with Gasteiger partial charge in [-0.25, -0.2) is 0 Å². The van der Waals surface area contributed by atoms with E-state index in [-0.39, 0.29) is 5.91 Å². The Kier molecular flexibility index (Phi) is 5.95. The van der Waals surface area contributed by atoms with E-state index in [9.17, 15) is 14.8 Å². The van der Waals surface area contributed by atoms with Crippen molar-refractivity contribution < 1.29 is 14.8 Å². The van der Waals surface area contributed by atoms with Gasteiger partial charge in [-0.1, -0.05) is 26.8 Å². The van der Waals surface area contributed by atoms with E-state index in [0.717, 1.165) is 12.0 Å². The summed E-state index contributed by atoms with van der Waals surface area (Å²) in [7, 11) is 2.26. The zero-order valence-electron chi connectivity index (χ0n) is 13.5. The number of nitrogens with one attached hydrogen (secondary N) is 1. The molecule has 0 radical (unpaired) electrons. The molecule has 0 fully saturated rings. The molecular weight excluding hydrogens is 267 g/mol. The summed E-state index contributed by atoms with van der Waals surface area (Å²) in [5.74, 6) is -0.0799. The Morgan fingerprint density at radius 3 is 2.43 bits per heavy atom. The highest BCUT2D eigenvalue weighted by molar-refractivity contribution is 6.59. The molecule has 0 saturated heterocycles. The molecule has 3 N–H and O–H groups in total. The third-order valence-corrected chi connectivity index (χ3v) is 3.67. The molecule has 21 heavy (non-hydrogen) atoms. The second-order valence-electron chi connectivity index (χ2n) is 6.22. The zero-order chi connectivity index (χ0) is 16.2. The van der Waals surface area contributed by atoms with Crippen LogP contribution < -0.4 is 10.8 Å². The van der Waals surface area contributed by atoms with Crippen molar-refractivity contribution in [2.75, 3.05) is 19.4 Å². The Hall–Kier alpha value is -1.37. The standard InChI is InChI=1S/C15H25BN2O3/c1-6-15(2,3)14(19)17-12-8-7-11(10-18(4)5)13(9-12)16(20)21/h7-9,20-21H,6,10H2,1-5H3,(H,17,19). The molecule has 1 aromatic carbocycles. The SMILES string of the molecule is CCC(C)(C)C(=O)Nc1ccc(CN(C)C)c(B(O)O)c1. The van der Waals surface area contributed by atoms with Gasteiger partial charge in [-0.15, -0.1) is 0 Å². The fraction of sp³-hybridized carbons (Fsp3) is 0.533. The summed E-state index contributed by atoms with van der Waals surface area (Å²) in [6.45, 7) is 6.32. The maximum atomic E-state index is 12.2. The fourth-order valence-corrected chi connectivity index (χ4v) is 1.86. The largest absolute Gasteiger partial charge is 0.488 e. The first-order chi connectivity index (χ1) is 9.67. The maximum Gasteiger partial charge on any atom is 0.488 e. The van der Waals surface area contributed by atoms with Gasteiger partial charge in [-0.2, -0.15) is 0 Å². The molecule has 0 saturated carbocycles. The van der Waals surface area contributed by atoms with Crippen LogP contribution in [0.15, 0.2) is 18.2 Å². The van der Waals surface area contributed by atoms with E-state index in [2.05, 4.69) is 5.32 Å². The van der Waals surface area contributed by atoms with Crippen LogP contribution in [0.4, 0.5) is 5.69 Å². The number of benzene rings is 1. The molecule has 0 bridgehead atoms. The van der Waals surface area contributed by atoms with E-state index in [1.807, 2.05) is 45.8 Å². The average molecular weight is 292 g/mol. The highest BCUT2D eigenvalue weighted by atomic mass is 16.4. The van der Waals surface area contributed by atoms with E-state index in [1.54, 1.807) is 12.1 Å². The lowest BCUT2D eigenvalue weighted by Crippen LogP contribution is -2.36. The molecule has 5 nitrogen and oxygen atoms in total. The normalized spacial score (nSPS) is 11.6. The lowest BCUT2D eigenvalue weighted by atomic mass is 9.76. The molecule has 1 rings (SSSR count). The molecule has 0 aliphatic heterocycles. The summed E-state index contributed by atoms with van der Waals surface area (Å²) in [5.41, 5.74) is 1.35. The van der Waals surface area contributed by atoms with E-state index < -0.39 is 12.5 Å². The highest BCUT2D eigenvalue weighted by Gasteiger charge is 2.26. The summed E-state index contributed by atoms with van der Waals surface area (Å²) in [5, 5.41) is 21.8. The van der Waals surface area contributed by atoms with Gasteiger partial charge in [0.2, 0.25) is 5.91 Å². The molecule has 0 aliphatic rings. The fourth-order valence-electron chi connectivity index (χ4n) is 1.86. The van der Waals surface area contributed by atoms with Crippen molar-refractivity contribution in [1.29, 1.82) is 0 Å². The Bertz CT molecular complexity index is 502. The zero-order valence-corrected chi connectivity index (χ0v) is 13.5. The topological polar surface area (TPSA) is 72.8 Å². The molecule has 0 aromatic heterocycles. The number of rotatable bonds is 6. The minimum Gasteiger partial charge on any atom is -0.423 e. The Labute approximate surface area is 127 Å². The van der Waals surface area contributed by atoms with Crippen LogP contribution in [0.1, 0.15) is 32.8 Å². The predicted molar refractivity (Wildman–Crippen MR) is 86.4 cm³/mol. The van der Waals surface area contributed by atoms with Crippen LogP contribution in [0.2, 0.25) is 0 Å². The molecule has 1 aromatic rings. The lowest BCUT2D eigenvalue weighted by Gasteiger charge is -2.22. The minimum atomic E-state index is -1.56. The number of hydrogen-bond donors (Lipinski definition) is 3. The van der Waals surface area contributed by atoms with E-state index in [1.165, 1.54) is 0 Å². The van der Waals surface area contributed by atoms with E-state index in [4.69, 9.17) is 0 Å². The lowest BCUT2D eigenvalue weighted by molar-refractivity contribution is -0.124. The molecule has 116 valence electrons. The minimum absolute atomic E-state index is 0.0799. The van der Waals surface area contributed by atoms with Crippen molar-refractivity contribution >= 4 is 24.2 Å². The Morgan fingerprint density at radius 1 is 1.33 bits per heavy atom. The number of nitrogens with zero attached hydrogens (tertiary/aromatic N) is 1. The Balaban J connectivity index is 3.01. The quantitative estimate of drug-likeness (QED) is 0.678. The van der Waals surface area contributed by atoms with Gasteiger partial charge in [-0.3, -0.25) is 4.79 Å². The van der Waals surface area contributed by atoms with Crippen molar-refractivity contribution in [3.05, 3.63) is 23.8 Å². The van der Waals surface area contributed by atoms with Crippen molar-refractivity contribution in [2.45, 2.75) is 33.7 Å². The van der Waals surface area contributed by atoms with Crippen LogP contribution in [0.5, 0.6) is 0 Å². The summed E-state index contributed by atoms with van der Waals surface area (Å²) in [4.78, 5) is 14.1. The van der Waals surface area contributed by atoms with Crippen molar-refractivity contribution in [3.63, 3.8) is 0 Å². The van der Waals surface area contributed by atoms with Crippen LogP contribution in [0.25, 0.3) is 0 Å². The molecule has 0 spiro atoms. The highest BCUT2D eigenvalue weighted by Crippen LogP contribution is 2.22. The molecule has 6 heteroatoms. The van der Waals surface area contributed by atoms with Gasteiger partial charge in [0, 0.05) is 17.6 Å². The maximum absolute atomic E-state index is 12.2. The monoisotopic (exact) mass is 292 g/mol. The van der Waals surface area contributed by atoms with Gasteiger partial charge in [0.15, 0.2) is 0 Å². The molecule has 0 aliphatic carbocycles. The van der Waals surface area contributed by atoms with Crippen LogP contribution in [-0.4, -0.2) is 42.1 Å². The van der Waals surface area contributed by atoms with Gasteiger partial charge in [0.05, 0.1) is 0 Å². The van der Waals surface area contributed by atoms with Gasteiger partial charge in [0.25, 0.3) is 0 Å². The predicted octanol–water partition coefficient (Wildman–Crippen LogP) is 0.803. The molecule has 0 atom stereocenters. The number of carbonyl (C=O) groups is 1. The molecular formula is C15H25BN2O3. The number of amides is 1. The Morgan fingerprint density at radius 2 is 1.95 bits per heavy atom. The third-order valence-electron chi connectivity index (χ3n) is 3.67.